The number of carbonyl (C=O) groups excluding carboxylic acids is 1. The number of nitrogens with one attached hydrogen (secondary N) is 1. The summed E-state index contributed by atoms with van der Waals surface area (Å²) in [6.45, 7) is 4.91. The number of piperidine rings is 1. The Kier molecular flexibility index (Phi) is 5.11. The lowest BCUT2D eigenvalue weighted by Gasteiger charge is -2.38. The molecule has 0 spiro atoms. The minimum absolute atomic E-state index is 0.184. The maximum absolute atomic E-state index is 13.2. The van der Waals surface area contributed by atoms with Crippen molar-refractivity contribution in [3.05, 3.63) is 11.9 Å². The van der Waals surface area contributed by atoms with Crippen molar-refractivity contribution in [1.29, 1.82) is 0 Å². The van der Waals surface area contributed by atoms with E-state index < -0.39 is 0 Å². The third-order valence-electron chi connectivity index (χ3n) is 5.59. The minimum Gasteiger partial charge on any atom is -0.401 e. The number of nitrogens with two attached hydrogens (primary N) is 2. The van der Waals surface area contributed by atoms with Crippen molar-refractivity contribution in [3.63, 3.8) is 0 Å². The molecule has 1 saturated carbocycles. The second kappa shape index (κ2) is 7.09. The molecule has 2 aliphatic heterocycles. The Hall–Kier alpha value is -1.27. The third-order valence-corrected chi connectivity index (χ3v) is 5.59. The SMILES string of the molecule is CC1CCCN1C(=O)C(C1CCNCC1)N(N)/C=C(\N)C1CC1. The van der Waals surface area contributed by atoms with Crippen molar-refractivity contribution >= 4 is 5.91 Å². The van der Waals surface area contributed by atoms with Crippen LogP contribution in [0.5, 0.6) is 0 Å². The second-order valence-electron chi connectivity index (χ2n) is 7.41. The highest BCUT2D eigenvalue weighted by Crippen LogP contribution is 2.34. The first kappa shape index (κ1) is 16.6. The Morgan fingerprint density at radius 3 is 2.52 bits per heavy atom. The number of rotatable bonds is 5. The van der Waals surface area contributed by atoms with Crippen LogP contribution in [0, 0.1) is 11.8 Å². The van der Waals surface area contributed by atoms with Crippen LogP contribution >= 0.6 is 0 Å². The summed E-state index contributed by atoms with van der Waals surface area (Å²) in [5, 5.41) is 4.99. The summed E-state index contributed by atoms with van der Waals surface area (Å²) in [5.74, 6) is 7.29. The molecule has 23 heavy (non-hydrogen) atoms. The first-order valence-electron chi connectivity index (χ1n) is 9.09. The average molecular weight is 321 g/mol. The molecule has 0 aromatic rings. The van der Waals surface area contributed by atoms with Crippen molar-refractivity contribution in [2.75, 3.05) is 19.6 Å². The molecule has 0 bridgehead atoms. The van der Waals surface area contributed by atoms with Crippen LogP contribution in [0.25, 0.3) is 0 Å². The van der Waals surface area contributed by atoms with Gasteiger partial charge in [-0.1, -0.05) is 0 Å². The summed E-state index contributed by atoms with van der Waals surface area (Å²) in [5.41, 5.74) is 6.96. The van der Waals surface area contributed by atoms with Crippen molar-refractivity contribution < 1.29 is 4.79 Å². The lowest BCUT2D eigenvalue weighted by atomic mass is 9.88. The maximum Gasteiger partial charge on any atom is 0.247 e. The summed E-state index contributed by atoms with van der Waals surface area (Å²) < 4.78 is 0. The van der Waals surface area contributed by atoms with E-state index in [9.17, 15) is 4.79 Å². The number of nitrogens with zero attached hydrogens (tertiary/aromatic N) is 2. The predicted octanol–water partition coefficient (Wildman–Crippen LogP) is 0.751. The van der Waals surface area contributed by atoms with E-state index in [1.165, 1.54) is 0 Å². The summed E-state index contributed by atoms with van der Waals surface area (Å²) in [6, 6.07) is 0.0415. The summed E-state index contributed by atoms with van der Waals surface area (Å²) in [6.07, 6.45) is 8.28. The molecule has 0 aromatic carbocycles. The number of carbonyl (C=O) groups is 1. The number of hydrogen-bond donors (Lipinski definition) is 3. The van der Waals surface area contributed by atoms with E-state index >= 15 is 0 Å². The summed E-state index contributed by atoms with van der Waals surface area (Å²) in [4.78, 5) is 15.2. The molecule has 2 saturated heterocycles. The standard InChI is InChI=1S/C17H31N5O/c1-12-3-2-10-21(12)17(23)16(14-6-8-20-9-7-14)22(19)11-15(18)13-4-5-13/h11-14,16,20H,2-10,18-19H2,1H3/b15-11-. The molecule has 1 amide bonds. The Labute approximate surface area is 139 Å². The van der Waals surface area contributed by atoms with Crippen molar-refractivity contribution in [3.8, 4) is 0 Å². The molecule has 2 unspecified atom stereocenters. The number of hydrogen-bond acceptors (Lipinski definition) is 5. The van der Waals surface area contributed by atoms with Gasteiger partial charge in [0.25, 0.3) is 0 Å². The highest BCUT2D eigenvalue weighted by Gasteiger charge is 2.38. The molecular formula is C17H31N5O. The molecule has 1 aliphatic carbocycles. The molecule has 3 rings (SSSR count). The van der Waals surface area contributed by atoms with Gasteiger partial charge in [0.05, 0.1) is 0 Å². The monoisotopic (exact) mass is 321 g/mol. The van der Waals surface area contributed by atoms with Gasteiger partial charge in [-0.15, -0.1) is 0 Å². The van der Waals surface area contributed by atoms with Gasteiger partial charge in [0.1, 0.15) is 6.04 Å². The van der Waals surface area contributed by atoms with Gasteiger partial charge in [0.15, 0.2) is 0 Å². The van der Waals surface area contributed by atoms with Gasteiger partial charge < -0.3 is 21.0 Å². The molecular weight excluding hydrogens is 290 g/mol. The maximum atomic E-state index is 13.2. The van der Waals surface area contributed by atoms with Crippen molar-refractivity contribution in [1.82, 2.24) is 15.2 Å². The first-order valence-corrected chi connectivity index (χ1v) is 9.09. The van der Waals surface area contributed by atoms with Gasteiger partial charge in [-0.2, -0.15) is 0 Å². The Bertz CT molecular complexity index is 456. The Balaban J connectivity index is 1.77. The molecule has 130 valence electrons. The van der Waals surface area contributed by atoms with E-state index in [4.69, 9.17) is 11.6 Å². The normalized spacial score (nSPS) is 28.0. The fourth-order valence-electron chi connectivity index (χ4n) is 3.94. The van der Waals surface area contributed by atoms with E-state index in [2.05, 4.69) is 12.2 Å². The summed E-state index contributed by atoms with van der Waals surface area (Å²) in [7, 11) is 0. The molecule has 3 fully saturated rings. The quantitative estimate of drug-likeness (QED) is 0.514. The molecule has 2 heterocycles. The third kappa shape index (κ3) is 3.80. The molecule has 2 atom stereocenters. The molecule has 3 aliphatic rings. The van der Waals surface area contributed by atoms with Gasteiger partial charge in [-0.25, -0.2) is 5.84 Å². The van der Waals surface area contributed by atoms with E-state index in [0.717, 1.165) is 63.9 Å². The van der Waals surface area contributed by atoms with Crippen molar-refractivity contribution in [2.45, 2.75) is 57.5 Å². The Morgan fingerprint density at radius 1 is 1.26 bits per heavy atom. The zero-order chi connectivity index (χ0) is 16.4. The number of allylic oxidation sites excluding steroid dienone is 1. The highest BCUT2D eigenvalue weighted by molar-refractivity contribution is 5.83. The van der Waals surface area contributed by atoms with Crippen LogP contribution in [0.3, 0.4) is 0 Å². The van der Waals surface area contributed by atoms with Crippen LogP contribution in [0.1, 0.15) is 45.4 Å². The topological polar surface area (TPSA) is 87.6 Å². The average Bonchev–Trinajstić information content (AvgIpc) is 3.30. The van der Waals surface area contributed by atoms with Crippen LogP contribution in [-0.2, 0) is 4.79 Å². The number of hydrazine groups is 1. The van der Waals surface area contributed by atoms with E-state index in [1.54, 1.807) is 5.01 Å². The smallest absolute Gasteiger partial charge is 0.247 e. The first-order chi connectivity index (χ1) is 11.1. The molecule has 6 nitrogen and oxygen atoms in total. The van der Waals surface area contributed by atoms with E-state index in [0.29, 0.717) is 17.9 Å². The highest BCUT2D eigenvalue weighted by atomic mass is 16.2. The lowest BCUT2D eigenvalue weighted by Crippen LogP contribution is -2.55. The van der Waals surface area contributed by atoms with Gasteiger partial charge >= 0.3 is 0 Å². The molecule has 0 radical (unpaired) electrons. The van der Waals surface area contributed by atoms with Crippen LogP contribution < -0.4 is 16.9 Å². The Morgan fingerprint density at radius 2 is 1.96 bits per heavy atom. The largest absolute Gasteiger partial charge is 0.401 e. The van der Waals surface area contributed by atoms with Gasteiger partial charge in [0, 0.05) is 30.4 Å². The van der Waals surface area contributed by atoms with E-state index in [1.807, 2.05) is 11.1 Å². The fraction of sp³-hybridized carbons (Fsp3) is 0.824. The second-order valence-corrected chi connectivity index (χ2v) is 7.41. The van der Waals surface area contributed by atoms with Crippen molar-refractivity contribution in [2.24, 2.45) is 23.4 Å². The molecule has 5 N–H and O–H groups in total. The van der Waals surface area contributed by atoms with Gasteiger partial charge in [-0.3, -0.25) is 4.79 Å². The number of amides is 1. The predicted molar refractivity (Wildman–Crippen MR) is 90.8 cm³/mol. The number of likely N-dealkylation sites (tertiary alicyclic amines) is 1. The summed E-state index contributed by atoms with van der Waals surface area (Å²) >= 11 is 0. The van der Waals surface area contributed by atoms with E-state index in [-0.39, 0.29) is 11.9 Å². The fourth-order valence-corrected chi connectivity index (χ4v) is 3.94. The van der Waals surface area contributed by atoms with Gasteiger partial charge in [0.2, 0.25) is 5.91 Å². The zero-order valence-corrected chi connectivity index (χ0v) is 14.2. The molecule has 6 heteroatoms. The van der Waals surface area contributed by atoms with Crippen LogP contribution in [0.15, 0.2) is 11.9 Å². The van der Waals surface area contributed by atoms with Gasteiger partial charge in [-0.05, 0) is 64.5 Å². The molecule has 0 aromatic heterocycles. The van der Waals surface area contributed by atoms with Crippen LogP contribution in [0.4, 0.5) is 0 Å². The zero-order valence-electron chi connectivity index (χ0n) is 14.2. The minimum atomic E-state index is -0.282. The lowest BCUT2D eigenvalue weighted by molar-refractivity contribution is -0.139. The van der Waals surface area contributed by atoms with Crippen LogP contribution in [0.2, 0.25) is 0 Å². The van der Waals surface area contributed by atoms with Crippen LogP contribution in [-0.4, -0.2) is 47.5 Å².